The van der Waals surface area contributed by atoms with Crippen molar-refractivity contribution in [2.45, 2.75) is 39.7 Å². The van der Waals surface area contributed by atoms with Gasteiger partial charge < -0.3 is 14.6 Å². The van der Waals surface area contributed by atoms with Crippen LogP contribution in [-0.4, -0.2) is 18.0 Å². The third kappa shape index (κ3) is 4.46. The maximum atomic E-state index is 12.6. The predicted octanol–water partition coefficient (Wildman–Crippen LogP) is 4.90. The van der Waals surface area contributed by atoms with Gasteiger partial charge in [0.05, 0.1) is 13.7 Å². The molecule has 0 radical (unpaired) electrons. The number of hydrogen-bond acceptors (Lipinski definition) is 3. The Balaban J connectivity index is 2.23. The van der Waals surface area contributed by atoms with E-state index in [4.69, 9.17) is 4.74 Å². The molecule has 30 heavy (non-hydrogen) atoms. The highest BCUT2D eigenvalue weighted by Crippen LogP contribution is 2.37. The summed E-state index contributed by atoms with van der Waals surface area (Å²) in [6, 6.07) is 17.1. The van der Waals surface area contributed by atoms with Gasteiger partial charge in [-0.1, -0.05) is 39.0 Å². The summed E-state index contributed by atoms with van der Waals surface area (Å²) in [6.07, 6.45) is 1.62. The molecular weight excluding hydrogens is 376 g/mol. The molecule has 1 amide bonds. The highest BCUT2D eigenvalue weighted by molar-refractivity contribution is 5.91. The molecule has 0 bridgehead atoms. The Kier molecular flexibility index (Phi) is 6.11. The first-order valence-corrected chi connectivity index (χ1v) is 9.95. The average Bonchev–Trinajstić information content (AvgIpc) is 2.71. The molecule has 0 unspecified atom stereocenters. The van der Waals surface area contributed by atoms with Gasteiger partial charge >= 0.3 is 0 Å². The lowest BCUT2D eigenvalue weighted by atomic mass is 9.83. The first kappa shape index (κ1) is 21.4. The minimum Gasteiger partial charge on any atom is -0.496 e. The molecule has 0 aliphatic rings. The third-order valence-electron chi connectivity index (χ3n) is 5.12. The molecule has 1 N–H and O–H groups in total. The monoisotopic (exact) mass is 404 g/mol. The molecule has 156 valence electrons. The highest BCUT2D eigenvalue weighted by Gasteiger charge is 2.24. The smallest absolute Gasteiger partial charge is 0.255 e. The summed E-state index contributed by atoms with van der Waals surface area (Å²) >= 11 is 0. The number of nitrogens with zero attached hydrogens (tertiary/aromatic N) is 1. The van der Waals surface area contributed by atoms with Crippen molar-refractivity contribution in [1.82, 2.24) is 4.98 Å². The minimum absolute atomic E-state index is 0.0759. The van der Waals surface area contributed by atoms with Crippen LogP contribution in [-0.2, 0) is 16.8 Å². The topological polar surface area (TPSA) is 62.4 Å². The quantitative estimate of drug-likeness (QED) is 0.658. The number of hydrogen-bond donors (Lipinski definition) is 1. The number of pyridine rings is 1. The SMILES string of the molecule is COc1cc(CN(C(C)=O)c2ccccc2)c(-c2ccc[nH]c2=O)cc1C(C)(C)C. The molecule has 0 saturated heterocycles. The Morgan fingerprint density at radius 1 is 1.03 bits per heavy atom. The number of amides is 1. The predicted molar refractivity (Wildman–Crippen MR) is 121 cm³/mol. The van der Waals surface area contributed by atoms with Gasteiger partial charge in [0.25, 0.3) is 5.56 Å². The number of anilines is 1. The lowest BCUT2D eigenvalue weighted by molar-refractivity contribution is -0.116. The first-order chi connectivity index (χ1) is 14.2. The van der Waals surface area contributed by atoms with Gasteiger partial charge in [-0.25, -0.2) is 0 Å². The second kappa shape index (κ2) is 8.57. The van der Waals surface area contributed by atoms with Gasteiger partial charge in [-0.2, -0.15) is 0 Å². The number of aromatic amines is 1. The second-order valence-electron chi connectivity index (χ2n) is 8.31. The Morgan fingerprint density at radius 2 is 1.73 bits per heavy atom. The molecule has 0 spiro atoms. The molecule has 0 atom stereocenters. The van der Waals surface area contributed by atoms with Crippen molar-refractivity contribution < 1.29 is 9.53 Å². The van der Waals surface area contributed by atoms with E-state index in [0.717, 1.165) is 28.1 Å². The van der Waals surface area contributed by atoms with Crippen molar-refractivity contribution in [3.63, 3.8) is 0 Å². The molecule has 3 aromatic rings. The minimum atomic E-state index is -0.181. The van der Waals surface area contributed by atoms with Gasteiger partial charge in [-0.15, -0.1) is 0 Å². The zero-order valence-electron chi connectivity index (χ0n) is 18.2. The molecule has 2 aromatic carbocycles. The number of aromatic nitrogens is 1. The first-order valence-electron chi connectivity index (χ1n) is 9.95. The molecule has 0 aliphatic carbocycles. The summed E-state index contributed by atoms with van der Waals surface area (Å²) in [6.45, 7) is 8.19. The third-order valence-corrected chi connectivity index (χ3v) is 5.12. The van der Waals surface area contributed by atoms with Crippen LogP contribution in [0.2, 0.25) is 0 Å². The summed E-state index contributed by atoms with van der Waals surface area (Å²) < 4.78 is 5.69. The Bertz CT molecular complexity index is 1100. The largest absolute Gasteiger partial charge is 0.496 e. The molecule has 1 aromatic heterocycles. The van der Waals surface area contributed by atoms with E-state index in [1.165, 1.54) is 0 Å². The fourth-order valence-corrected chi connectivity index (χ4v) is 3.55. The highest BCUT2D eigenvalue weighted by atomic mass is 16.5. The van der Waals surface area contributed by atoms with Gasteiger partial charge in [-0.3, -0.25) is 9.59 Å². The average molecular weight is 405 g/mol. The fraction of sp³-hybridized carbons (Fsp3) is 0.280. The number of ether oxygens (including phenoxy) is 1. The zero-order valence-corrected chi connectivity index (χ0v) is 18.2. The van der Waals surface area contributed by atoms with Crippen molar-refractivity contribution >= 4 is 11.6 Å². The summed E-state index contributed by atoms with van der Waals surface area (Å²) in [7, 11) is 1.64. The van der Waals surface area contributed by atoms with Crippen molar-refractivity contribution in [2.75, 3.05) is 12.0 Å². The van der Waals surface area contributed by atoms with Crippen molar-refractivity contribution in [1.29, 1.82) is 0 Å². The van der Waals surface area contributed by atoms with Crippen LogP contribution < -0.4 is 15.2 Å². The lowest BCUT2D eigenvalue weighted by Gasteiger charge is -2.27. The van der Waals surface area contributed by atoms with Crippen LogP contribution in [0.5, 0.6) is 5.75 Å². The lowest BCUT2D eigenvalue weighted by Crippen LogP contribution is -2.28. The molecule has 3 rings (SSSR count). The van der Waals surface area contributed by atoms with Crippen LogP contribution in [0.1, 0.15) is 38.8 Å². The van der Waals surface area contributed by atoms with Crippen molar-refractivity contribution in [2.24, 2.45) is 0 Å². The number of H-pyrrole nitrogens is 1. The number of carbonyl (C=O) groups is 1. The maximum Gasteiger partial charge on any atom is 0.255 e. The Hall–Kier alpha value is -3.34. The molecule has 0 aliphatic heterocycles. The van der Waals surface area contributed by atoms with Gasteiger partial charge in [-0.05, 0) is 52.9 Å². The van der Waals surface area contributed by atoms with Crippen LogP contribution in [0.15, 0.2) is 65.6 Å². The van der Waals surface area contributed by atoms with Crippen LogP contribution in [0.25, 0.3) is 11.1 Å². The number of nitrogens with one attached hydrogen (secondary N) is 1. The van der Waals surface area contributed by atoms with E-state index in [-0.39, 0.29) is 16.9 Å². The zero-order chi connectivity index (χ0) is 21.9. The molecule has 1 heterocycles. The van der Waals surface area contributed by atoms with E-state index in [1.54, 1.807) is 37.3 Å². The summed E-state index contributed by atoms with van der Waals surface area (Å²) in [5.74, 6) is 0.665. The van der Waals surface area contributed by atoms with E-state index in [9.17, 15) is 9.59 Å². The van der Waals surface area contributed by atoms with Crippen LogP contribution >= 0.6 is 0 Å². The molecule has 5 heteroatoms. The Labute approximate surface area is 177 Å². The summed E-state index contributed by atoms with van der Waals surface area (Å²) in [5.41, 5.74) is 3.66. The van der Waals surface area contributed by atoms with E-state index in [1.807, 2.05) is 42.5 Å². The Morgan fingerprint density at radius 3 is 2.30 bits per heavy atom. The maximum absolute atomic E-state index is 12.6. The number of rotatable bonds is 5. The van der Waals surface area contributed by atoms with E-state index in [0.29, 0.717) is 12.1 Å². The number of benzene rings is 2. The van der Waals surface area contributed by atoms with E-state index in [2.05, 4.69) is 25.8 Å². The van der Waals surface area contributed by atoms with Crippen LogP contribution in [0.3, 0.4) is 0 Å². The van der Waals surface area contributed by atoms with Gasteiger partial charge in [0, 0.05) is 29.9 Å². The number of methoxy groups -OCH3 is 1. The second-order valence-corrected chi connectivity index (χ2v) is 8.31. The standard InChI is InChI=1S/C25H28N2O3/c1-17(28)27(19-10-7-6-8-11-19)16-18-14-23(30-5)22(25(2,3)4)15-21(18)20-12-9-13-26-24(20)29/h6-15H,16H2,1-5H3,(H,26,29). The molecule has 0 saturated carbocycles. The summed E-state index contributed by atoms with van der Waals surface area (Å²) in [4.78, 5) is 29.5. The molecule has 0 fully saturated rings. The fourth-order valence-electron chi connectivity index (χ4n) is 3.55. The van der Waals surface area contributed by atoms with E-state index >= 15 is 0 Å². The van der Waals surface area contributed by atoms with Crippen LogP contribution in [0.4, 0.5) is 5.69 Å². The number of carbonyl (C=O) groups excluding carboxylic acids is 1. The molecule has 5 nitrogen and oxygen atoms in total. The van der Waals surface area contributed by atoms with Crippen molar-refractivity contribution in [3.05, 3.63) is 82.3 Å². The van der Waals surface area contributed by atoms with Gasteiger partial charge in [0.1, 0.15) is 5.75 Å². The van der Waals surface area contributed by atoms with Crippen molar-refractivity contribution in [3.8, 4) is 16.9 Å². The van der Waals surface area contributed by atoms with Gasteiger partial charge in [0.15, 0.2) is 0 Å². The normalized spacial score (nSPS) is 11.2. The van der Waals surface area contributed by atoms with E-state index < -0.39 is 0 Å². The summed E-state index contributed by atoms with van der Waals surface area (Å²) in [5, 5.41) is 0. The number of para-hydroxylation sites is 1. The van der Waals surface area contributed by atoms with Gasteiger partial charge in [0.2, 0.25) is 5.91 Å². The van der Waals surface area contributed by atoms with Crippen LogP contribution in [0, 0.1) is 0 Å². The molecular formula is C25H28N2O3.